The molecular weight excluding hydrogens is 324 g/mol. The van der Waals surface area contributed by atoms with Gasteiger partial charge in [0, 0.05) is 9.35 Å². The van der Waals surface area contributed by atoms with Gasteiger partial charge < -0.3 is 5.32 Å². The van der Waals surface area contributed by atoms with E-state index in [1.54, 1.807) is 17.4 Å². The molecule has 0 saturated carbocycles. The molecule has 1 aliphatic carbocycles. The van der Waals surface area contributed by atoms with Crippen molar-refractivity contribution in [2.45, 2.75) is 26.2 Å². The Balaban J connectivity index is 1.78. The van der Waals surface area contributed by atoms with Gasteiger partial charge in [0.1, 0.15) is 5.82 Å². The van der Waals surface area contributed by atoms with E-state index in [1.807, 2.05) is 19.1 Å². The largest absolute Gasteiger partial charge is 0.306 e. The summed E-state index contributed by atoms with van der Waals surface area (Å²) in [6.07, 6.45) is 3.44. The third kappa shape index (κ3) is 2.58. The van der Waals surface area contributed by atoms with Crippen molar-refractivity contribution in [3.05, 3.63) is 43.7 Å². The first-order valence-corrected chi connectivity index (χ1v) is 7.80. The summed E-state index contributed by atoms with van der Waals surface area (Å²) in [6, 6.07) is 5.72. The topological polar surface area (TPSA) is 42.0 Å². The third-order valence-electron chi connectivity index (χ3n) is 3.23. The third-order valence-corrected chi connectivity index (χ3v) is 5.31. The van der Waals surface area contributed by atoms with Gasteiger partial charge in [0.05, 0.1) is 10.6 Å². The van der Waals surface area contributed by atoms with Crippen LogP contribution in [0.15, 0.2) is 22.7 Å². The fraction of sp³-hybridized carbons (Fsp3) is 0.286. The molecule has 0 unspecified atom stereocenters. The highest BCUT2D eigenvalue weighted by Crippen LogP contribution is 2.31. The first-order chi connectivity index (χ1) is 9.13. The summed E-state index contributed by atoms with van der Waals surface area (Å²) in [6.45, 7) is 1.90. The number of rotatable bonds is 2. The van der Waals surface area contributed by atoms with E-state index in [-0.39, 0.29) is 5.91 Å². The highest BCUT2D eigenvalue weighted by Gasteiger charge is 2.18. The van der Waals surface area contributed by atoms with Crippen LogP contribution in [0, 0.1) is 6.92 Å². The molecule has 0 aromatic carbocycles. The lowest BCUT2D eigenvalue weighted by Crippen LogP contribution is -2.11. The number of thiophene rings is 1. The minimum atomic E-state index is -0.0615. The zero-order valence-corrected chi connectivity index (χ0v) is 12.9. The number of hydrogen-bond donors (Lipinski definition) is 1. The Bertz CT molecular complexity index is 629. The van der Waals surface area contributed by atoms with E-state index in [0.717, 1.165) is 27.9 Å². The standard InChI is InChI=1S/C14H13BrN2OS/c1-8-10(15)5-6-13(16-8)17-14(18)12-7-9-3-2-4-11(9)19-12/h5-7H,2-4H2,1H3,(H,16,17,18). The molecule has 5 heteroatoms. The molecule has 19 heavy (non-hydrogen) atoms. The molecule has 1 aliphatic rings. The normalized spacial score (nSPS) is 13.4. The summed E-state index contributed by atoms with van der Waals surface area (Å²) in [5.41, 5.74) is 2.21. The molecule has 0 aliphatic heterocycles. The molecular formula is C14H13BrN2OS. The summed E-state index contributed by atoms with van der Waals surface area (Å²) in [7, 11) is 0. The van der Waals surface area contributed by atoms with Crippen LogP contribution in [0.3, 0.4) is 0 Å². The number of carbonyl (C=O) groups excluding carboxylic acids is 1. The Kier molecular flexibility index (Phi) is 3.41. The van der Waals surface area contributed by atoms with Gasteiger partial charge in [-0.1, -0.05) is 0 Å². The van der Waals surface area contributed by atoms with Gasteiger partial charge in [-0.2, -0.15) is 0 Å². The second kappa shape index (κ2) is 5.06. The van der Waals surface area contributed by atoms with Crippen LogP contribution < -0.4 is 5.32 Å². The van der Waals surface area contributed by atoms with Crippen LogP contribution in [0.4, 0.5) is 5.82 Å². The van der Waals surface area contributed by atoms with Gasteiger partial charge in [-0.15, -0.1) is 11.3 Å². The van der Waals surface area contributed by atoms with Gasteiger partial charge in [-0.25, -0.2) is 4.98 Å². The number of amides is 1. The molecule has 2 heterocycles. The molecule has 1 amide bonds. The quantitative estimate of drug-likeness (QED) is 0.901. The first-order valence-electron chi connectivity index (χ1n) is 6.19. The van der Waals surface area contributed by atoms with Gasteiger partial charge in [0.25, 0.3) is 5.91 Å². The van der Waals surface area contributed by atoms with Gasteiger partial charge in [-0.05, 0) is 65.9 Å². The second-order valence-electron chi connectivity index (χ2n) is 4.63. The van der Waals surface area contributed by atoms with E-state index in [4.69, 9.17) is 0 Å². The summed E-state index contributed by atoms with van der Waals surface area (Å²) >= 11 is 5.00. The number of hydrogen-bond acceptors (Lipinski definition) is 3. The summed E-state index contributed by atoms with van der Waals surface area (Å²) < 4.78 is 0.945. The van der Waals surface area contributed by atoms with Crippen molar-refractivity contribution >= 4 is 39.0 Å². The van der Waals surface area contributed by atoms with E-state index in [1.165, 1.54) is 16.9 Å². The fourth-order valence-electron chi connectivity index (χ4n) is 2.23. The van der Waals surface area contributed by atoms with E-state index in [9.17, 15) is 4.79 Å². The summed E-state index contributed by atoms with van der Waals surface area (Å²) in [5, 5.41) is 2.85. The Morgan fingerprint density at radius 2 is 2.26 bits per heavy atom. The SMILES string of the molecule is Cc1nc(NC(=O)c2cc3c(s2)CCC3)ccc1Br. The molecule has 0 radical (unpaired) electrons. The van der Waals surface area contributed by atoms with Crippen molar-refractivity contribution in [3.63, 3.8) is 0 Å². The van der Waals surface area contributed by atoms with E-state index in [0.29, 0.717) is 5.82 Å². The van der Waals surface area contributed by atoms with Crippen LogP contribution in [-0.4, -0.2) is 10.9 Å². The summed E-state index contributed by atoms with van der Waals surface area (Å²) in [4.78, 5) is 18.6. The van der Waals surface area contributed by atoms with Gasteiger partial charge >= 0.3 is 0 Å². The molecule has 0 fully saturated rings. The monoisotopic (exact) mass is 336 g/mol. The van der Waals surface area contributed by atoms with Crippen LogP contribution in [-0.2, 0) is 12.8 Å². The van der Waals surface area contributed by atoms with Gasteiger partial charge in [0.15, 0.2) is 0 Å². The molecule has 3 rings (SSSR count). The van der Waals surface area contributed by atoms with Crippen LogP contribution in [0.5, 0.6) is 0 Å². The highest BCUT2D eigenvalue weighted by atomic mass is 79.9. The van der Waals surface area contributed by atoms with Crippen molar-refractivity contribution < 1.29 is 4.79 Å². The highest BCUT2D eigenvalue weighted by molar-refractivity contribution is 9.10. The lowest BCUT2D eigenvalue weighted by atomic mass is 10.2. The molecule has 0 spiro atoms. The average molecular weight is 337 g/mol. The number of pyridine rings is 1. The zero-order chi connectivity index (χ0) is 13.4. The van der Waals surface area contributed by atoms with E-state index < -0.39 is 0 Å². The molecule has 3 nitrogen and oxygen atoms in total. The molecule has 0 atom stereocenters. The molecule has 98 valence electrons. The van der Waals surface area contributed by atoms with Gasteiger partial charge in [-0.3, -0.25) is 4.79 Å². The van der Waals surface area contributed by atoms with Crippen molar-refractivity contribution in [3.8, 4) is 0 Å². The van der Waals surface area contributed by atoms with Crippen LogP contribution >= 0.6 is 27.3 Å². The van der Waals surface area contributed by atoms with Crippen LogP contribution in [0.2, 0.25) is 0 Å². The van der Waals surface area contributed by atoms with Crippen LogP contribution in [0.25, 0.3) is 0 Å². The minimum Gasteiger partial charge on any atom is -0.306 e. The number of anilines is 1. The van der Waals surface area contributed by atoms with Crippen molar-refractivity contribution in [2.75, 3.05) is 5.32 Å². The van der Waals surface area contributed by atoms with Gasteiger partial charge in [0.2, 0.25) is 0 Å². The minimum absolute atomic E-state index is 0.0615. The maximum Gasteiger partial charge on any atom is 0.266 e. The maximum atomic E-state index is 12.2. The van der Waals surface area contributed by atoms with Crippen molar-refractivity contribution in [1.82, 2.24) is 4.98 Å². The number of aryl methyl sites for hydroxylation is 3. The Morgan fingerprint density at radius 3 is 3.00 bits per heavy atom. The fourth-order valence-corrected chi connectivity index (χ4v) is 3.60. The smallest absolute Gasteiger partial charge is 0.266 e. The number of aromatic nitrogens is 1. The Labute approximate surface area is 124 Å². The number of carbonyl (C=O) groups is 1. The predicted molar refractivity (Wildman–Crippen MR) is 81.0 cm³/mol. The number of nitrogens with one attached hydrogen (secondary N) is 1. The number of fused-ring (bicyclic) bond motifs is 1. The molecule has 1 N–H and O–H groups in total. The van der Waals surface area contributed by atoms with E-state index >= 15 is 0 Å². The first kappa shape index (κ1) is 12.8. The number of nitrogens with zero attached hydrogens (tertiary/aromatic N) is 1. The van der Waals surface area contributed by atoms with Crippen molar-refractivity contribution in [2.24, 2.45) is 0 Å². The molecule has 2 aromatic rings. The number of halogens is 1. The van der Waals surface area contributed by atoms with E-state index in [2.05, 4.69) is 26.2 Å². The van der Waals surface area contributed by atoms with Crippen molar-refractivity contribution in [1.29, 1.82) is 0 Å². The Morgan fingerprint density at radius 1 is 1.42 bits per heavy atom. The second-order valence-corrected chi connectivity index (χ2v) is 6.62. The molecule has 2 aromatic heterocycles. The molecule has 0 saturated heterocycles. The Hall–Kier alpha value is -1.20. The lowest BCUT2D eigenvalue weighted by molar-refractivity contribution is 0.103. The molecule has 0 bridgehead atoms. The zero-order valence-electron chi connectivity index (χ0n) is 10.5. The average Bonchev–Trinajstić information content (AvgIpc) is 2.94. The van der Waals surface area contributed by atoms with Crippen LogP contribution in [0.1, 0.15) is 32.2 Å². The predicted octanol–water partition coefficient (Wildman–Crippen LogP) is 3.96. The maximum absolute atomic E-state index is 12.2. The lowest BCUT2D eigenvalue weighted by Gasteiger charge is -2.04. The summed E-state index contributed by atoms with van der Waals surface area (Å²) in [5.74, 6) is 0.535.